The molecule has 0 bridgehead atoms. The molecular weight excluding hydrogens is 168 g/mol. The van der Waals surface area contributed by atoms with Crippen LogP contribution in [0.25, 0.3) is 10.9 Å². The zero-order valence-electron chi connectivity index (χ0n) is 7.00. The van der Waals surface area contributed by atoms with Crippen molar-refractivity contribution in [1.82, 2.24) is 4.98 Å². The summed E-state index contributed by atoms with van der Waals surface area (Å²) >= 11 is 0. The molecule has 1 heterocycles. The van der Waals surface area contributed by atoms with Crippen LogP contribution in [-0.2, 0) is 0 Å². The van der Waals surface area contributed by atoms with E-state index in [1.807, 2.05) is 13.0 Å². The van der Waals surface area contributed by atoms with E-state index in [9.17, 15) is 10.1 Å². The van der Waals surface area contributed by atoms with E-state index in [0.29, 0.717) is 5.52 Å². The maximum Gasteiger partial charge on any atom is 0.293 e. The largest absolute Gasteiger partial charge is 0.348 e. The van der Waals surface area contributed by atoms with Crippen molar-refractivity contribution in [3.8, 4) is 0 Å². The van der Waals surface area contributed by atoms with Gasteiger partial charge in [-0.3, -0.25) is 10.1 Å². The van der Waals surface area contributed by atoms with E-state index in [0.717, 1.165) is 10.9 Å². The third-order valence-electron chi connectivity index (χ3n) is 1.91. The molecule has 2 aromatic rings. The lowest BCUT2D eigenvalue weighted by molar-refractivity contribution is -0.383. The number of nitro groups is 1. The zero-order chi connectivity index (χ0) is 9.42. The normalized spacial score (nSPS) is 10.5. The summed E-state index contributed by atoms with van der Waals surface area (Å²) in [6, 6.07) is 5.14. The minimum absolute atomic E-state index is 0.108. The number of aryl methyl sites for hydroxylation is 1. The average Bonchev–Trinajstić information content (AvgIpc) is 2.49. The summed E-state index contributed by atoms with van der Waals surface area (Å²) in [4.78, 5) is 13.0. The lowest BCUT2D eigenvalue weighted by Gasteiger charge is -1.95. The summed E-state index contributed by atoms with van der Waals surface area (Å²) in [7, 11) is 0. The van der Waals surface area contributed by atoms with Crippen LogP contribution in [0, 0.1) is 23.2 Å². The molecule has 0 fully saturated rings. The molecule has 1 radical (unpaired) electrons. The Balaban J connectivity index is 2.84. The Kier molecular flexibility index (Phi) is 1.55. The van der Waals surface area contributed by atoms with Gasteiger partial charge in [0.25, 0.3) is 5.69 Å². The SMILES string of the molecule is Cc1cc([N+](=O)[O-])c2[nH][c]cc2c1. The Hall–Kier alpha value is -1.84. The van der Waals surface area contributed by atoms with Crippen molar-refractivity contribution in [3.05, 3.63) is 40.1 Å². The molecule has 13 heavy (non-hydrogen) atoms. The third-order valence-corrected chi connectivity index (χ3v) is 1.91. The Labute approximate surface area is 74.3 Å². The van der Waals surface area contributed by atoms with E-state index in [-0.39, 0.29) is 10.6 Å². The number of fused-ring (bicyclic) bond motifs is 1. The molecule has 0 saturated carbocycles. The highest BCUT2D eigenvalue weighted by atomic mass is 16.6. The minimum atomic E-state index is -0.389. The predicted octanol–water partition coefficient (Wildman–Crippen LogP) is 2.18. The van der Waals surface area contributed by atoms with E-state index in [2.05, 4.69) is 11.2 Å². The highest BCUT2D eigenvalue weighted by molar-refractivity contribution is 5.88. The van der Waals surface area contributed by atoms with Gasteiger partial charge in [0, 0.05) is 11.5 Å². The zero-order valence-corrected chi connectivity index (χ0v) is 7.00. The summed E-state index contributed by atoms with van der Waals surface area (Å²) in [6.07, 6.45) is 2.73. The molecule has 0 atom stereocenters. The fourth-order valence-corrected chi connectivity index (χ4v) is 1.37. The van der Waals surface area contributed by atoms with Crippen molar-refractivity contribution in [2.75, 3.05) is 0 Å². The second kappa shape index (κ2) is 2.58. The number of aromatic nitrogens is 1. The maximum atomic E-state index is 10.6. The van der Waals surface area contributed by atoms with Crippen molar-refractivity contribution >= 4 is 16.6 Å². The minimum Gasteiger partial charge on any atom is -0.348 e. The lowest BCUT2D eigenvalue weighted by atomic mass is 10.1. The summed E-state index contributed by atoms with van der Waals surface area (Å²) in [5, 5.41) is 11.5. The highest BCUT2D eigenvalue weighted by Gasteiger charge is 2.12. The van der Waals surface area contributed by atoms with Crippen LogP contribution in [0.15, 0.2) is 18.2 Å². The van der Waals surface area contributed by atoms with Gasteiger partial charge in [0.1, 0.15) is 5.52 Å². The van der Waals surface area contributed by atoms with Gasteiger partial charge in [0.05, 0.1) is 11.1 Å². The first-order valence-electron chi connectivity index (χ1n) is 3.82. The van der Waals surface area contributed by atoms with Gasteiger partial charge in [-0.1, -0.05) is 0 Å². The summed E-state index contributed by atoms with van der Waals surface area (Å²) < 4.78 is 0. The quantitative estimate of drug-likeness (QED) is 0.533. The van der Waals surface area contributed by atoms with Gasteiger partial charge >= 0.3 is 0 Å². The molecule has 0 aliphatic carbocycles. The van der Waals surface area contributed by atoms with Crippen LogP contribution in [0.2, 0.25) is 0 Å². The number of hydrogen-bond acceptors (Lipinski definition) is 2. The van der Waals surface area contributed by atoms with Crippen LogP contribution in [0.1, 0.15) is 5.56 Å². The smallest absolute Gasteiger partial charge is 0.293 e. The molecule has 0 amide bonds. The molecule has 1 N–H and O–H groups in total. The maximum absolute atomic E-state index is 10.6. The first-order chi connectivity index (χ1) is 6.18. The third kappa shape index (κ3) is 1.16. The molecule has 0 unspecified atom stereocenters. The first-order valence-corrected chi connectivity index (χ1v) is 3.82. The van der Waals surface area contributed by atoms with E-state index in [1.165, 1.54) is 0 Å². The Morgan fingerprint density at radius 2 is 2.31 bits per heavy atom. The number of nitro benzene ring substituents is 1. The average molecular weight is 175 g/mol. The van der Waals surface area contributed by atoms with Gasteiger partial charge in [-0.25, -0.2) is 0 Å². The van der Waals surface area contributed by atoms with Crippen molar-refractivity contribution in [2.24, 2.45) is 0 Å². The highest BCUT2D eigenvalue weighted by Crippen LogP contribution is 2.25. The molecule has 1 aromatic heterocycles. The van der Waals surface area contributed by atoms with Crippen LogP contribution < -0.4 is 0 Å². The van der Waals surface area contributed by atoms with Gasteiger partial charge < -0.3 is 4.98 Å². The molecule has 4 nitrogen and oxygen atoms in total. The van der Waals surface area contributed by atoms with E-state index in [4.69, 9.17) is 0 Å². The van der Waals surface area contributed by atoms with E-state index in [1.54, 1.807) is 12.1 Å². The van der Waals surface area contributed by atoms with E-state index >= 15 is 0 Å². The lowest BCUT2D eigenvalue weighted by Crippen LogP contribution is -1.89. The number of benzene rings is 1. The Morgan fingerprint density at radius 3 is 3.00 bits per heavy atom. The molecule has 0 saturated heterocycles. The van der Waals surface area contributed by atoms with Crippen molar-refractivity contribution in [2.45, 2.75) is 6.92 Å². The summed E-state index contributed by atoms with van der Waals surface area (Å²) in [6.45, 7) is 1.83. The number of hydrogen-bond donors (Lipinski definition) is 1. The number of H-pyrrole nitrogens is 1. The summed E-state index contributed by atoms with van der Waals surface area (Å²) in [5.74, 6) is 0. The number of nitrogens with zero attached hydrogens (tertiary/aromatic N) is 1. The number of non-ortho nitro benzene ring substituents is 1. The van der Waals surface area contributed by atoms with Gasteiger partial charge in [-0.05, 0) is 24.6 Å². The van der Waals surface area contributed by atoms with E-state index < -0.39 is 0 Å². The first kappa shape index (κ1) is 7.79. The molecule has 4 heteroatoms. The predicted molar refractivity (Wildman–Crippen MR) is 48.5 cm³/mol. The summed E-state index contributed by atoms with van der Waals surface area (Å²) in [5.41, 5.74) is 1.53. The molecule has 0 aliphatic rings. The Bertz CT molecular complexity index is 473. The van der Waals surface area contributed by atoms with Crippen molar-refractivity contribution in [3.63, 3.8) is 0 Å². The molecule has 0 spiro atoms. The number of nitrogens with one attached hydrogen (secondary N) is 1. The van der Waals surface area contributed by atoms with Crippen LogP contribution in [-0.4, -0.2) is 9.91 Å². The fourth-order valence-electron chi connectivity index (χ4n) is 1.37. The van der Waals surface area contributed by atoms with Gasteiger partial charge in [0.15, 0.2) is 0 Å². The van der Waals surface area contributed by atoms with Crippen molar-refractivity contribution < 1.29 is 4.92 Å². The van der Waals surface area contributed by atoms with Gasteiger partial charge in [-0.15, -0.1) is 0 Å². The van der Waals surface area contributed by atoms with Crippen LogP contribution in [0.3, 0.4) is 0 Å². The standard InChI is InChI=1S/C9H7N2O2/c1-6-4-7-2-3-10-9(7)8(5-6)11(12)13/h2,4-5,10H,1H3. The second-order valence-electron chi connectivity index (χ2n) is 2.92. The molecule has 65 valence electrons. The molecule has 2 rings (SSSR count). The van der Waals surface area contributed by atoms with Crippen LogP contribution in [0.4, 0.5) is 5.69 Å². The van der Waals surface area contributed by atoms with Crippen LogP contribution in [0.5, 0.6) is 0 Å². The Morgan fingerprint density at radius 1 is 1.54 bits per heavy atom. The monoisotopic (exact) mass is 175 g/mol. The number of aromatic amines is 1. The van der Waals surface area contributed by atoms with Crippen LogP contribution >= 0.6 is 0 Å². The van der Waals surface area contributed by atoms with Crippen molar-refractivity contribution in [1.29, 1.82) is 0 Å². The second-order valence-corrected chi connectivity index (χ2v) is 2.92. The van der Waals surface area contributed by atoms with Gasteiger partial charge in [-0.2, -0.15) is 0 Å². The van der Waals surface area contributed by atoms with Gasteiger partial charge in [0.2, 0.25) is 0 Å². The topological polar surface area (TPSA) is 58.9 Å². The molecule has 1 aromatic carbocycles. The number of rotatable bonds is 1. The molecule has 0 aliphatic heterocycles. The fraction of sp³-hybridized carbons (Fsp3) is 0.111. The molecular formula is C9H7N2O2.